The molecule has 3 aromatic rings. The SMILES string of the molecule is O=C(O)CC1CCC(c2ccc(-c3ccc(Nc4ccc(Cl)cn4)cn3)cc2)CC1. The van der Waals surface area contributed by atoms with Gasteiger partial charge in [0.2, 0.25) is 0 Å². The fourth-order valence-electron chi connectivity index (χ4n) is 4.11. The van der Waals surface area contributed by atoms with Gasteiger partial charge in [-0.2, -0.15) is 0 Å². The average molecular weight is 422 g/mol. The lowest BCUT2D eigenvalue weighted by molar-refractivity contribution is -0.138. The zero-order valence-corrected chi connectivity index (χ0v) is 17.3. The number of hydrogen-bond donors (Lipinski definition) is 2. The fourth-order valence-corrected chi connectivity index (χ4v) is 4.22. The Morgan fingerprint density at radius 1 is 0.967 bits per heavy atom. The maximum Gasteiger partial charge on any atom is 0.303 e. The number of rotatable bonds is 6. The number of carbonyl (C=O) groups is 1. The average Bonchev–Trinajstić information content (AvgIpc) is 2.76. The fraction of sp³-hybridized carbons (Fsp3) is 0.292. The molecule has 0 radical (unpaired) electrons. The summed E-state index contributed by atoms with van der Waals surface area (Å²) in [6.07, 6.45) is 7.82. The Labute approximate surface area is 181 Å². The van der Waals surface area contributed by atoms with E-state index in [0.717, 1.165) is 48.4 Å². The number of nitrogens with one attached hydrogen (secondary N) is 1. The minimum Gasteiger partial charge on any atom is -0.481 e. The van der Waals surface area contributed by atoms with Gasteiger partial charge in [0.05, 0.1) is 22.6 Å². The van der Waals surface area contributed by atoms with Crippen LogP contribution in [-0.2, 0) is 4.79 Å². The van der Waals surface area contributed by atoms with Crippen molar-refractivity contribution < 1.29 is 9.90 Å². The largest absolute Gasteiger partial charge is 0.481 e. The smallest absolute Gasteiger partial charge is 0.303 e. The molecule has 0 atom stereocenters. The summed E-state index contributed by atoms with van der Waals surface area (Å²) < 4.78 is 0. The number of pyridine rings is 2. The predicted molar refractivity (Wildman–Crippen MR) is 119 cm³/mol. The van der Waals surface area contributed by atoms with Gasteiger partial charge in [0.25, 0.3) is 0 Å². The van der Waals surface area contributed by atoms with Gasteiger partial charge in [-0.05, 0) is 67.3 Å². The second-order valence-corrected chi connectivity index (χ2v) is 8.29. The first-order valence-electron chi connectivity index (χ1n) is 10.2. The van der Waals surface area contributed by atoms with Gasteiger partial charge in [0.1, 0.15) is 5.82 Å². The van der Waals surface area contributed by atoms with E-state index in [1.54, 1.807) is 18.5 Å². The number of halogens is 1. The van der Waals surface area contributed by atoms with Gasteiger partial charge in [-0.15, -0.1) is 0 Å². The minimum absolute atomic E-state index is 0.302. The Balaban J connectivity index is 1.37. The molecule has 1 saturated carbocycles. The predicted octanol–water partition coefficient (Wildman–Crippen LogP) is 6.29. The van der Waals surface area contributed by atoms with Crippen LogP contribution >= 0.6 is 11.6 Å². The standard InChI is InChI=1S/C24H24ClN3O2/c25-20-9-12-23(27-14-20)28-21-10-11-22(26-15-21)19-7-5-18(6-8-19)17-3-1-16(2-4-17)13-24(29)30/h5-12,14-17H,1-4,13H2,(H,27,28)(H,29,30). The summed E-state index contributed by atoms with van der Waals surface area (Å²) in [5.41, 5.74) is 4.19. The van der Waals surface area contributed by atoms with Gasteiger partial charge in [-0.3, -0.25) is 9.78 Å². The van der Waals surface area contributed by atoms with Crippen LogP contribution in [0.3, 0.4) is 0 Å². The van der Waals surface area contributed by atoms with Crippen molar-refractivity contribution in [3.63, 3.8) is 0 Å². The van der Waals surface area contributed by atoms with Crippen molar-refractivity contribution in [2.24, 2.45) is 5.92 Å². The number of nitrogens with zero attached hydrogens (tertiary/aromatic N) is 2. The highest BCUT2D eigenvalue weighted by molar-refractivity contribution is 6.30. The first-order chi connectivity index (χ1) is 14.6. The number of hydrogen-bond acceptors (Lipinski definition) is 4. The van der Waals surface area contributed by atoms with Crippen molar-refractivity contribution >= 4 is 29.1 Å². The second-order valence-electron chi connectivity index (χ2n) is 7.86. The molecule has 2 heterocycles. The normalized spacial score (nSPS) is 18.7. The molecule has 1 aliphatic carbocycles. The van der Waals surface area contributed by atoms with Gasteiger partial charge in [-0.1, -0.05) is 35.9 Å². The molecule has 1 aliphatic rings. The molecule has 0 bridgehead atoms. The Kier molecular flexibility index (Phi) is 6.29. The van der Waals surface area contributed by atoms with Crippen LogP contribution in [0.25, 0.3) is 11.3 Å². The molecule has 4 rings (SSSR count). The summed E-state index contributed by atoms with van der Waals surface area (Å²) in [6.45, 7) is 0. The minimum atomic E-state index is -0.680. The maximum atomic E-state index is 10.9. The van der Waals surface area contributed by atoms with Crippen LogP contribution in [0.2, 0.25) is 5.02 Å². The van der Waals surface area contributed by atoms with E-state index in [1.165, 1.54) is 5.56 Å². The topological polar surface area (TPSA) is 75.1 Å². The molecule has 0 spiro atoms. The Hall–Kier alpha value is -2.92. The van der Waals surface area contributed by atoms with Crippen LogP contribution in [0.5, 0.6) is 0 Å². The molecule has 0 saturated heterocycles. The lowest BCUT2D eigenvalue weighted by Crippen LogP contribution is -2.16. The van der Waals surface area contributed by atoms with Gasteiger partial charge in [0, 0.05) is 18.2 Å². The first kappa shape index (κ1) is 20.4. The third-order valence-electron chi connectivity index (χ3n) is 5.75. The highest BCUT2D eigenvalue weighted by atomic mass is 35.5. The zero-order chi connectivity index (χ0) is 20.9. The molecular weight excluding hydrogens is 398 g/mol. The van der Waals surface area contributed by atoms with Crippen LogP contribution in [0.1, 0.15) is 43.6 Å². The number of benzene rings is 1. The van der Waals surface area contributed by atoms with E-state index in [2.05, 4.69) is 39.6 Å². The highest BCUT2D eigenvalue weighted by Gasteiger charge is 2.23. The lowest BCUT2D eigenvalue weighted by Gasteiger charge is -2.28. The van der Waals surface area contributed by atoms with Crippen LogP contribution in [0.15, 0.2) is 60.9 Å². The quantitative estimate of drug-likeness (QED) is 0.489. The summed E-state index contributed by atoms with van der Waals surface area (Å²) in [7, 11) is 0. The molecule has 2 aromatic heterocycles. The summed E-state index contributed by atoms with van der Waals surface area (Å²) >= 11 is 5.86. The Morgan fingerprint density at radius 2 is 1.73 bits per heavy atom. The van der Waals surface area contributed by atoms with Crippen LogP contribution in [0, 0.1) is 5.92 Å². The van der Waals surface area contributed by atoms with Crippen LogP contribution < -0.4 is 5.32 Å². The monoisotopic (exact) mass is 421 g/mol. The number of aliphatic carboxylic acids is 1. The number of carboxylic acids is 1. The first-order valence-corrected chi connectivity index (χ1v) is 10.6. The van der Waals surface area contributed by atoms with Crippen LogP contribution in [-0.4, -0.2) is 21.0 Å². The summed E-state index contributed by atoms with van der Waals surface area (Å²) in [5, 5.41) is 12.8. The zero-order valence-electron chi connectivity index (χ0n) is 16.6. The second kappa shape index (κ2) is 9.26. The number of aromatic nitrogens is 2. The van der Waals surface area contributed by atoms with Crippen molar-refractivity contribution in [2.45, 2.75) is 38.0 Å². The van der Waals surface area contributed by atoms with E-state index >= 15 is 0 Å². The maximum absolute atomic E-state index is 10.9. The summed E-state index contributed by atoms with van der Waals surface area (Å²) in [4.78, 5) is 19.7. The van der Waals surface area contributed by atoms with E-state index in [0.29, 0.717) is 23.3 Å². The Bertz CT molecular complexity index is 980. The van der Waals surface area contributed by atoms with E-state index in [-0.39, 0.29) is 0 Å². The molecule has 1 aromatic carbocycles. The summed E-state index contributed by atoms with van der Waals surface area (Å²) in [5.74, 6) is 0.894. The molecule has 30 heavy (non-hydrogen) atoms. The van der Waals surface area contributed by atoms with E-state index in [9.17, 15) is 4.79 Å². The number of carboxylic acid groups (broad SMARTS) is 1. The van der Waals surface area contributed by atoms with Gasteiger partial charge in [0.15, 0.2) is 0 Å². The van der Waals surface area contributed by atoms with Gasteiger partial charge >= 0.3 is 5.97 Å². The molecule has 1 fully saturated rings. The third-order valence-corrected chi connectivity index (χ3v) is 5.97. The van der Waals surface area contributed by atoms with Crippen molar-refractivity contribution in [3.05, 3.63) is 71.5 Å². The molecule has 5 nitrogen and oxygen atoms in total. The molecule has 6 heteroatoms. The summed E-state index contributed by atoms with van der Waals surface area (Å²) in [6, 6.07) is 16.2. The van der Waals surface area contributed by atoms with Gasteiger partial charge in [-0.25, -0.2) is 4.98 Å². The molecule has 0 amide bonds. The van der Waals surface area contributed by atoms with E-state index < -0.39 is 5.97 Å². The molecule has 154 valence electrons. The molecule has 0 aliphatic heterocycles. The van der Waals surface area contributed by atoms with Crippen molar-refractivity contribution in [1.29, 1.82) is 0 Å². The van der Waals surface area contributed by atoms with Crippen molar-refractivity contribution in [2.75, 3.05) is 5.32 Å². The van der Waals surface area contributed by atoms with Gasteiger partial charge < -0.3 is 10.4 Å². The van der Waals surface area contributed by atoms with E-state index in [1.807, 2.05) is 18.2 Å². The molecule has 2 N–H and O–H groups in total. The van der Waals surface area contributed by atoms with Crippen molar-refractivity contribution in [3.8, 4) is 11.3 Å². The molecule has 0 unspecified atom stereocenters. The third kappa shape index (κ3) is 5.16. The lowest BCUT2D eigenvalue weighted by atomic mass is 9.77. The van der Waals surface area contributed by atoms with E-state index in [4.69, 9.17) is 16.7 Å². The Morgan fingerprint density at radius 3 is 2.33 bits per heavy atom. The number of anilines is 2. The molecular formula is C24H24ClN3O2. The van der Waals surface area contributed by atoms with Crippen LogP contribution in [0.4, 0.5) is 11.5 Å². The van der Waals surface area contributed by atoms with Crippen molar-refractivity contribution in [1.82, 2.24) is 9.97 Å². The highest BCUT2D eigenvalue weighted by Crippen LogP contribution is 2.37.